The van der Waals surface area contributed by atoms with Crippen molar-refractivity contribution in [3.8, 4) is 0 Å². The second-order valence-corrected chi connectivity index (χ2v) is 5.54. The van der Waals surface area contributed by atoms with E-state index in [1.165, 1.54) is 17.0 Å². The Hall–Kier alpha value is -1.95. The van der Waals surface area contributed by atoms with Gasteiger partial charge in [0.1, 0.15) is 11.9 Å². The number of quaternary nitrogens is 1. The third kappa shape index (κ3) is 3.78. The number of hydrogen-bond donors (Lipinski definition) is 2. The number of nitrogens with one attached hydrogen (secondary N) is 1. The highest BCUT2D eigenvalue weighted by Crippen LogP contribution is 2.17. The number of imide groups is 1. The van der Waals surface area contributed by atoms with Gasteiger partial charge in [-0.15, -0.1) is 0 Å². The Morgan fingerprint density at radius 3 is 2.57 bits per heavy atom. The SMILES string of the molecule is CC(C)[C@@H]([NH2+]CC(=O)N1CCNC1=O)c1ccc(F)cc1. The van der Waals surface area contributed by atoms with E-state index in [-0.39, 0.29) is 36.3 Å². The predicted octanol–water partition coefficient (Wildman–Crippen LogP) is 0.638. The molecule has 0 aliphatic carbocycles. The molecule has 1 atom stereocenters. The van der Waals surface area contributed by atoms with Crippen molar-refractivity contribution < 1.29 is 19.3 Å². The first-order chi connectivity index (χ1) is 9.99. The van der Waals surface area contributed by atoms with Gasteiger partial charge >= 0.3 is 6.03 Å². The number of hydrogen-bond acceptors (Lipinski definition) is 2. The van der Waals surface area contributed by atoms with Crippen LogP contribution in [-0.2, 0) is 4.79 Å². The van der Waals surface area contributed by atoms with Gasteiger partial charge in [0.15, 0.2) is 6.54 Å². The number of nitrogens with two attached hydrogens (primary N) is 1. The van der Waals surface area contributed by atoms with Crippen molar-refractivity contribution in [2.24, 2.45) is 5.92 Å². The summed E-state index contributed by atoms with van der Waals surface area (Å²) in [5.41, 5.74) is 0.977. The van der Waals surface area contributed by atoms with Crippen LogP contribution in [0.25, 0.3) is 0 Å². The Balaban J connectivity index is 1.99. The molecule has 0 bridgehead atoms. The van der Waals surface area contributed by atoms with Gasteiger partial charge in [-0.25, -0.2) is 9.18 Å². The van der Waals surface area contributed by atoms with Gasteiger partial charge < -0.3 is 10.6 Å². The molecule has 0 aromatic heterocycles. The van der Waals surface area contributed by atoms with Gasteiger partial charge in [-0.2, -0.15) is 0 Å². The maximum atomic E-state index is 13.0. The molecule has 1 aromatic rings. The van der Waals surface area contributed by atoms with Crippen molar-refractivity contribution in [3.63, 3.8) is 0 Å². The Labute approximate surface area is 123 Å². The molecule has 1 heterocycles. The summed E-state index contributed by atoms with van der Waals surface area (Å²) < 4.78 is 13.0. The molecule has 1 aliphatic rings. The summed E-state index contributed by atoms with van der Waals surface area (Å²) in [6, 6.07) is 6.06. The Bertz CT molecular complexity index is 516. The minimum atomic E-state index is -0.323. The molecule has 2 rings (SSSR count). The lowest BCUT2D eigenvalue weighted by atomic mass is 9.96. The predicted molar refractivity (Wildman–Crippen MR) is 75.9 cm³/mol. The topological polar surface area (TPSA) is 66.0 Å². The van der Waals surface area contributed by atoms with Crippen molar-refractivity contribution in [1.29, 1.82) is 0 Å². The number of urea groups is 1. The van der Waals surface area contributed by atoms with Crippen molar-refractivity contribution in [1.82, 2.24) is 10.2 Å². The highest BCUT2D eigenvalue weighted by molar-refractivity contribution is 5.96. The van der Waals surface area contributed by atoms with E-state index in [0.29, 0.717) is 13.1 Å². The highest BCUT2D eigenvalue weighted by Gasteiger charge is 2.28. The first kappa shape index (κ1) is 15.4. The Morgan fingerprint density at radius 2 is 2.05 bits per heavy atom. The fraction of sp³-hybridized carbons (Fsp3) is 0.467. The smallest absolute Gasteiger partial charge is 0.324 e. The quantitative estimate of drug-likeness (QED) is 0.837. The summed E-state index contributed by atoms with van der Waals surface area (Å²) in [7, 11) is 0. The van der Waals surface area contributed by atoms with Crippen LogP contribution in [0.2, 0.25) is 0 Å². The molecule has 1 aliphatic heterocycles. The zero-order valence-electron chi connectivity index (χ0n) is 12.3. The van der Waals surface area contributed by atoms with Crippen LogP contribution in [0.15, 0.2) is 24.3 Å². The molecule has 0 radical (unpaired) electrons. The van der Waals surface area contributed by atoms with E-state index >= 15 is 0 Å². The number of rotatable bonds is 5. The maximum Gasteiger partial charge on any atom is 0.324 e. The van der Waals surface area contributed by atoms with Gasteiger partial charge in [-0.3, -0.25) is 9.69 Å². The molecule has 1 saturated heterocycles. The molecule has 3 amide bonds. The van der Waals surface area contributed by atoms with E-state index < -0.39 is 0 Å². The van der Waals surface area contributed by atoms with Crippen molar-refractivity contribution in [2.75, 3.05) is 19.6 Å². The number of halogens is 1. The minimum absolute atomic E-state index is 0.0558. The Kier molecular flexibility index (Phi) is 4.90. The lowest BCUT2D eigenvalue weighted by molar-refractivity contribution is -0.692. The van der Waals surface area contributed by atoms with Gasteiger partial charge in [0.25, 0.3) is 5.91 Å². The third-order valence-corrected chi connectivity index (χ3v) is 3.68. The molecule has 0 spiro atoms. The fourth-order valence-electron chi connectivity index (χ4n) is 2.53. The zero-order chi connectivity index (χ0) is 15.4. The summed E-state index contributed by atoms with van der Waals surface area (Å²) in [5.74, 6) is -0.181. The number of carbonyl (C=O) groups is 2. The molecule has 0 saturated carbocycles. The first-order valence-corrected chi connectivity index (χ1v) is 7.16. The summed E-state index contributed by atoms with van der Waals surface area (Å²) >= 11 is 0. The Morgan fingerprint density at radius 1 is 1.38 bits per heavy atom. The minimum Gasteiger partial charge on any atom is -0.336 e. The van der Waals surface area contributed by atoms with Crippen LogP contribution in [0.4, 0.5) is 9.18 Å². The molecule has 114 valence electrons. The highest BCUT2D eigenvalue weighted by atomic mass is 19.1. The zero-order valence-corrected chi connectivity index (χ0v) is 12.3. The average molecular weight is 294 g/mol. The summed E-state index contributed by atoms with van der Waals surface area (Å²) in [4.78, 5) is 24.7. The number of carbonyl (C=O) groups excluding carboxylic acids is 2. The van der Waals surface area contributed by atoms with Gasteiger partial charge in [0.05, 0.1) is 0 Å². The number of nitrogens with zero attached hydrogens (tertiary/aromatic N) is 1. The van der Waals surface area contributed by atoms with E-state index in [0.717, 1.165) is 5.56 Å². The second-order valence-electron chi connectivity index (χ2n) is 5.54. The molecule has 6 heteroatoms. The van der Waals surface area contributed by atoms with E-state index in [4.69, 9.17) is 0 Å². The van der Waals surface area contributed by atoms with Crippen LogP contribution in [-0.4, -0.2) is 36.5 Å². The summed E-state index contributed by atoms with van der Waals surface area (Å²) in [6.07, 6.45) is 0. The largest absolute Gasteiger partial charge is 0.336 e. The second kappa shape index (κ2) is 6.67. The first-order valence-electron chi connectivity index (χ1n) is 7.16. The number of benzene rings is 1. The molecule has 3 N–H and O–H groups in total. The monoisotopic (exact) mass is 294 g/mol. The van der Waals surface area contributed by atoms with Crippen molar-refractivity contribution in [2.45, 2.75) is 19.9 Å². The van der Waals surface area contributed by atoms with E-state index in [1.54, 1.807) is 12.1 Å². The molecular formula is C15H21FN3O2+. The van der Waals surface area contributed by atoms with Gasteiger partial charge in [-0.05, 0) is 12.1 Å². The maximum absolute atomic E-state index is 13.0. The molecular weight excluding hydrogens is 273 g/mol. The molecule has 5 nitrogen and oxygen atoms in total. The van der Waals surface area contributed by atoms with Gasteiger partial charge in [0, 0.05) is 24.6 Å². The third-order valence-electron chi connectivity index (χ3n) is 3.68. The fourth-order valence-corrected chi connectivity index (χ4v) is 2.53. The van der Waals surface area contributed by atoms with Crippen LogP contribution in [0.3, 0.4) is 0 Å². The summed E-state index contributed by atoms with van der Waals surface area (Å²) in [6.45, 7) is 5.24. The van der Waals surface area contributed by atoms with Crippen LogP contribution in [0, 0.1) is 11.7 Å². The van der Waals surface area contributed by atoms with Crippen molar-refractivity contribution in [3.05, 3.63) is 35.6 Å². The lowest BCUT2D eigenvalue weighted by Crippen LogP contribution is -2.88. The van der Waals surface area contributed by atoms with Crippen molar-refractivity contribution >= 4 is 11.9 Å². The average Bonchev–Trinajstić information content (AvgIpc) is 2.86. The standard InChI is InChI=1S/C15H20FN3O2/c1-10(2)14(11-3-5-12(16)6-4-11)18-9-13(20)19-8-7-17-15(19)21/h3-6,10,14,18H,7-9H2,1-2H3,(H,17,21)/p+1/t14-/m1/s1. The van der Waals surface area contributed by atoms with Crippen LogP contribution >= 0.6 is 0 Å². The molecule has 0 unspecified atom stereocenters. The van der Waals surface area contributed by atoms with Crippen LogP contribution in [0.1, 0.15) is 25.5 Å². The molecule has 1 aromatic carbocycles. The molecule has 1 fully saturated rings. The molecule has 21 heavy (non-hydrogen) atoms. The van der Waals surface area contributed by atoms with Crippen LogP contribution < -0.4 is 10.6 Å². The van der Waals surface area contributed by atoms with Gasteiger partial charge in [0.2, 0.25) is 0 Å². The number of amides is 3. The summed E-state index contributed by atoms with van der Waals surface area (Å²) in [5, 5.41) is 4.52. The van der Waals surface area contributed by atoms with Crippen LogP contribution in [0.5, 0.6) is 0 Å². The van der Waals surface area contributed by atoms with E-state index in [9.17, 15) is 14.0 Å². The van der Waals surface area contributed by atoms with E-state index in [2.05, 4.69) is 19.2 Å². The normalized spacial score (nSPS) is 16.2. The lowest BCUT2D eigenvalue weighted by Gasteiger charge is -2.20. The van der Waals surface area contributed by atoms with E-state index in [1.807, 2.05) is 5.32 Å². The van der Waals surface area contributed by atoms with Gasteiger partial charge in [-0.1, -0.05) is 26.0 Å².